The molecule has 0 bridgehead atoms. The number of hydrogen-bond donors (Lipinski definition) is 7. The van der Waals surface area contributed by atoms with Crippen LogP contribution in [0.1, 0.15) is 97.7 Å². The van der Waals surface area contributed by atoms with E-state index in [1.165, 1.54) is 29.2 Å². The van der Waals surface area contributed by atoms with Crippen LogP contribution in [0.5, 0.6) is 0 Å². The Hall–Kier alpha value is -4.89. The number of carbonyl (C=O) groups is 6. The summed E-state index contributed by atoms with van der Waals surface area (Å²) in [5.74, 6) is -2.43. The number of nitrogens with one attached hydrogen (secondary N) is 4. The zero-order valence-electron chi connectivity index (χ0n) is 31.4. The highest BCUT2D eigenvalue weighted by molar-refractivity contribution is 7.70. The fraction of sp³-hybridized carbons (Fsp3) is 0.474. The number of benzene rings is 2. The lowest BCUT2D eigenvalue weighted by Gasteiger charge is -2.40. The summed E-state index contributed by atoms with van der Waals surface area (Å²) < 4.78 is 11.5. The summed E-state index contributed by atoms with van der Waals surface area (Å²) in [5, 5.41) is 8.80. The first-order valence-electron chi connectivity index (χ1n) is 18.5. The second-order valence-corrected chi connectivity index (χ2v) is 16.4. The van der Waals surface area contributed by atoms with Gasteiger partial charge in [-0.15, -0.1) is 0 Å². The van der Waals surface area contributed by atoms with Crippen LogP contribution in [0.3, 0.4) is 0 Å². The van der Waals surface area contributed by atoms with E-state index in [1.54, 1.807) is 0 Å². The number of rotatable bonds is 14. The molecule has 16 nitrogen and oxygen atoms in total. The Balaban J connectivity index is 1.33. The predicted octanol–water partition coefficient (Wildman–Crippen LogP) is 2.25. The summed E-state index contributed by atoms with van der Waals surface area (Å²) in [5.41, 5.74) is 6.33. The van der Waals surface area contributed by atoms with E-state index in [4.69, 9.17) is 5.73 Å². The summed E-state index contributed by atoms with van der Waals surface area (Å²) in [6.45, 7) is 9.09. The van der Waals surface area contributed by atoms with E-state index >= 15 is 0 Å². The van der Waals surface area contributed by atoms with Gasteiger partial charge in [0.15, 0.2) is 0 Å². The molecule has 0 spiro atoms. The van der Waals surface area contributed by atoms with Gasteiger partial charge in [0.2, 0.25) is 23.6 Å². The number of carbonyl (C=O) groups excluding carboxylic acids is 6. The van der Waals surface area contributed by atoms with Gasteiger partial charge in [0, 0.05) is 54.6 Å². The SMILES string of the molecule is CC(C)c1ccc(CNC(=O)[C@H](CCC(N)=O)NC(=O)[C@@H]2CC[C@@H]3CCN(C(C)C)C[C@H](NC(=O)c4cc5cc(C(=O)P(=O)(O)O)ccc5[nH]4)C(=O)N32)cc1. The summed E-state index contributed by atoms with van der Waals surface area (Å²) in [4.78, 5) is 104. The Morgan fingerprint density at radius 3 is 2.33 bits per heavy atom. The minimum atomic E-state index is -5.03. The number of primary amides is 1. The number of aromatic nitrogens is 1. The molecule has 3 aromatic rings. The molecule has 3 heterocycles. The largest absolute Gasteiger partial charge is 0.396 e. The van der Waals surface area contributed by atoms with Gasteiger partial charge in [0.05, 0.1) is 0 Å². The second kappa shape index (κ2) is 17.3. The zero-order valence-corrected chi connectivity index (χ0v) is 32.3. The van der Waals surface area contributed by atoms with Crippen molar-refractivity contribution >= 4 is 53.6 Å². The lowest BCUT2D eigenvalue weighted by Crippen LogP contribution is -2.62. The van der Waals surface area contributed by atoms with Gasteiger partial charge in [-0.2, -0.15) is 0 Å². The maximum Gasteiger partial charge on any atom is 0.396 e. The van der Waals surface area contributed by atoms with Crippen molar-refractivity contribution < 1.29 is 43.1 Å². The normalized spacial score (nSPS) is 19.8. The lowest BCUT2D eigenvalue weighted by atomic mass is 10.0. The van der Waals surface area contributed by atoms with Gasteiger partial charge in [-0.3, -0.25) is 38.2 Å². The summed E-state index contributed by atoms with van der Waals surface area (Å²) in [6, 6.07) is 9.80. The molecule has 0 radical (unpaired) electrons. The van der Waals surface area contributed by atoms with E-state index in [2.05, 4.69) is 39.7 Å². The summed E-state index contributed by atoms with van der Waals surface area (Å²) in [6.07, 6.45) is 1.26. The molecule has 2 fully saturated rings. The highest BCUT2D eigenvalue weighted by Gasteiger charge is 2.46. The highest BCUT2D eigenvalue weighted by atomic mass is 31.2. The predicted molar refractivity (Wildman–Crippen MR) is 204 cm³/mol. The van der Waals surface area contributed by atoms with Gasteiger partial charge in [-0.25, -0.2) is 0 Å². The molecule has 0 aliphatic carbocycles. The lowest BCUT2D eigenvalue weighted by molar-refractivity contribution is -0.144. The molecule has 0 saturated carbocycles. The van der Waals surface area contributed by atoms with Crippen molar-refractivity contribution in [3.05, 3.63) is 70.9 Å². The molecular weight excluding hydrogens is 729 g/mol. The maximum atomic E-state index is 14.4. The van der Waals surface area contributed by atoms with Gasteiger partial charge in [-0.05, 0) is 80.8 Å². The standard InChI is InChI=1S/C38H50N7O9P/c1-21(2)24-7-5-23(6-8-24)19-40-34(47)29(12-14-33(39)46)42-36(49)32-13-10-27-15-16-44(22(3)4)20-31(37(50)45(27)32)43-35(48)30-18-26-17-25(9-11-28(26)41-30)38(51)55(52,53)54/h5-9,11,17-18,21-22,27,29,31-32,41H,10,12-16,19-20H2,1-4H3,(H2,39,46)(H,40,47)(H,42,49)(H,43,48)(H2,52,53,54)/t27-,29+,31+,32+/m1/s1. The average molecular weight is 780 g/mol. The number of aromatic amines is 1. The van der Waals surface area contributed by atoms with Gasteiger partial charge in [0.1, 0.15) is 23.8 Å². The van der Waals surface area contributed by atoms with Crippen molar-refractivity contribution in [1.29, 1.82) is 0 Å². The van der Waals surface area contributed by atoms with Crippen molar-refractivity contribution in [3.8, 4) is 0 Å². The fourth-order valence-corrected chi connectivity index (χ4v) is 7.66. The third-order valence-electron chi connectivity index (χ3n) is 10.4. The first-order valence-corrected chi connectivity index (χ1v) is 20.1. The van der Waals surface area contributed by atoms with Crippen LogP contribution < -0.4 is 21.7 Å². The molecule has 4 atom stereocenters. The van der Waals surface area contributed by atoms with Crippen LogP contribution in [0.2, 0.25) is 0 Å². The van der Waals surface area contributed by atoms with Crippen molar-refractivity contribution in [1.82, 2.24) is 30.7 Å². The van der Waals surface area contributed by atoms with E-state index in [-0.39, 0.29) is 49.3 Å². The van der Waals surface area contributed by atoms with Crippen LogP contribution in [-0.4, -0.2) is 103 Å². The van der Waals surface area contributed by atoms with Gasteiger partial charge in [0.25, 0.3) is 11.4 Å². The molecule has 5 amide bonds. The van der Waals surface area contributed by atoms with Crippen LogP contribution in [0.15, 0.2) is 48.5 Å². The average Bonchev–Trinajstić information content (AvgIpc) is 3.76. The van der Waals surface area contributed by atoms with Gasteiger partial charge < -0.3 is 41.4 Å². The highest BCUT2D eigenvalue weighted by Crippen LogP contribution is 2.39. The van der Waals surface area contributed by atoms with Crippen molar-refractivity contribution in [3.63, 3.8) is 0 Å². The van der Waals surface area contributed by atoms with Crippen molar-refractivity contribution in [2.75, 3.05) is 13.1 Å². The topological polar surface area (TPSA) is 244 Å². The molecule has 0 unspecified atom stereocenters. The molecule has 2 aliphatic rings. The summed E-state index contributed by atoms with van der Waals surface area (Å²) >= 11 is 0. The van der Waals surface area contributed by atoms with E-state index in [9.17, 15) is 43.1 Å². The smallest absolute Gasteiger partial charge is 0.370 e. The Morgan fingerprint density at radius 1 is 0.982 bits per heavy atom. The quantitative estimate of drug-likeness (QED) is 0.118. The first-order chi connectivity index (χ1) is 25.9. The molecule has 2 aromatic carbocycles. The third-order valence-corrected chi connectivity index (χ3v) is 11.1. The number of fused-ring (bicyclic) bond motifs is 2. The molecule has 5 rings (SSSR count). The Bertz CT molecular complexity index is 1990. The van der Waals surface area contributed by atoms with Crippen LogP contribution in [-0.2, 0) is 30.3 Å². The third kappa shape index (κ3) is 10.1. The van der Waals surface area contributed by atoms with Crippen LogP contribution in [0.4, 0.5) is 0 Å². The monoisotopic (exact) mass is 779 g/mol. The van der Waals surface area contributed by atoms with E-state index < -0.39 is 60.8 Å². The summed E-state index contributed by atoms with van der Waals surface area (Å²) in [7, 11) is -5.03. The van der Waals surface area contributed by atoms with Crippen LogP contribution in [0.25, 0.3) is 10.9 Å². The molecule has 296 valence electrons. The van der Waals surface area contributed by atoms with Gasteiger partial charge in [-0.1, -0.05) is 38.1 Å². The molecule has 8 N–H and O–H groups in total. The Morgan fingerprint density at radius 2 is 1.69 bits per heavy atom. The van der Waals surface area contributed by atoms with Crippen molar-refractivity contribution in [2.45, 2.75) is 102 Å². The maximum absolute atomic E-state index is 14.4. The van der Waals surface area contributed by atoms with Crippen molar-refractivity contribution in [2.24, 2.45) is 5.73 Å². The van der Waals surface area contributed by atoms with Crippen LogP contribution >= 0.6 is 7.60 Å². The van der Waals surface area contributed by atoms with E-state index in [0.29, 0.717) is 42.6 Å². The first kappa shape index (κ1) is 41.3. The Kier molecular flexibility index (Phi) is 13.0. The minimum Gasteiger partial charge on any atom is -0.370 e. The van der Waals surface area contributed by atoms with Crippen LogP contribution in [0, 0.1) is 0 Å². The molecule has 17 heteroatoms. The Labute approximate surface area is 319 Å². The minimum absolute atomic E-state index is 0.0369. The number of hydrogen-bond acceptors (Lipinski definition) is 8. The second-order valence-electron chi connectivity index (χ2n) is 14.9. The number of H-pyrrole nitrogens is 1. The number of nitrogens with zero attached hydrogens (tertiary/aromatic N) is 2. The molecule has 2 saturated heterocycles. The van der Waals surface area contributed by atoms with E-state index in [1.807, 2.05) is 38.1 Å². The molecule has 2 aliphatic heterocycles. The fourth-order valence-electron chi connectivity index (χ4n) is 7.18. The molecule has 1 aromatic heterocycles. The molecule has 55 heavy (non-hydrogen) atoms. The zero-order chi connectivity index (χ0) is 40.2. The van der Waals surface area contributed by atoms with E-state index in [0.717, 1.165) is 11.1 Å². The number of nitrogens with two attached hydrogens (primary N) is 1. The number of amides is 5. The van der Waals surface area contributed by atoms with Gasteiger partial charge >= 0.3 is 7.60 Å². The molecular formula is C38H50N7O9P.